The molecule has 0 aliphatic rings. The van der Waals surface area contributed by atoms with Crippen LogP contribution < -0.4 is 14.2 Å². The summed E-state index contributed by atoms with van der Waals surface area (Å²) in [5, 5.41) is 10.0. The number of aliphatic hydroxyl groups is 1. The molecule has 0 amide bonds. The molecule has 1 N–H and O–H groups in total. The van der Waals surface area contributed by atoms with Gasteiger partial charge >= 0.3 is 0 Å². The number of hydrogen-bond donors (Lipinski definition) is 1. The van der Waals surface area contributed by atoms with Crippen molar-refractivity contribution in [1.29, 1.82) is 0 Å². The molecule has 0 bridgehead atoms. The molecule has 5 nitrogen and oxygen atoms in total. The molecule has 1 atom stereocenters. The summed E-state index contributed by atoms with van der Waals surface area (Å²) in [6, 6.07) is 23.5. The first kappa shape index (κ1) is 19.5. The summed E-state index contributed by atoms with van der Waals surface area (Å²) in [5.41, 5.74) is 0.621. The zero-order valence-corrected chi connectivity index (χ0v) is 15.6. The van der Waals surface area contributed by atoms with E-state index in [4.69, 9.17) is 14.2 Å². The molecule has 28 heavy (non-hydrogen) atoms. The lowest BCUT2D eigenvalue weighted by molar-refractivity contribution is 0.0626. The zero-order chi connectivity index (χ0) is 19.8. The van der Waals surface area contributed by atoms with Crippen LogP contribution in [0, 0.1) is 0 Å². The highest BCUT2D eigenvalue weighted by atomic mass is 16.5. The Kier molecular flexibility index (Phi) is 6.65. The van der Waals surface area contributed by atoms with Gasteiger partial charge in [0.25, 0.3) is 0 Å². The summed E-state index contributed by atoms with van der Waals surface area (Å²) < 4.78 is 16.8. The van der Waals surface area contributed by atoms with E-state index >= 15 is 0 Å². The Morgan fingerprint density at radius 3 is 1.75 bits per heavy atom. The van der Waals surface area contributed by atoms with E-state index in [1.807, 2.05) is 42.5 Å². The van der Waals surface area contributed by atoms with Crippen LogP contribution in [0.4, 0.5) is 0 Å². The Labute approximate surface area is 164 Å². The molecular weight excluding hydrogens is 356 g/mol. The minimum atomic E-state index is -0.785. The number of carbonyl (C=O) groups is 1. The fraction of sp³-hybridized carbons (Fsp3) is 0.174. The number of ketones is 1. The van der Waals surface area contributed by atoms with Crippen molar-refractivity contribution >= 4 is 5.78 Å². The summed E-state index contributed by atoms with van der Waals surface area (Å²) in [6.07, 6.45) is -0.785. The van der Waals surface area contributed by atoms with Crippen molar-refractivity contribution in [1.82, 2.24) is 0 Å². The van der Waals surface area contributed by atoms with Crippen molar-refractivity contribution in [3.8, 4) is 23.0 Å². The second-order valence-electron chi connectivity index (χ2n) is 6.24. The number of ether oxygens (including phenoxy) is 3. The zero-order valence-electron chi connectivity index (χ0n) is 15.6. The molecule has 3 aromatic carbocycles. The second-order valence-corrected chi connectivity index (χ2v) is 6.24. The van der Waals surface area contributed by atoms with E-state index in [-0.39, 0.29) is 19.0 Å². The third kappa shape index (κ3) is 5.86. The van der Waals surface area contributed by atoms with Crippen molar-refractivity contribution in [3.05, 3.63) is 84.4 Å². The first-order chi connectivity index (χ1) is 13.6. The van der Waals surface area contributed by atoms with E-state index in [2.05, 4.69) is 0 Å². The van der Waals surface area contributed by atoms with Crippen LogP contribution in [0.5, 0.6) is 23.0 Å². The molecule has 3 aromatic rings. The monoisotopic (exact) mass is 378 g/mol. The number of Topliss-reactive ketones (excluding diaryl/α,β-unsaturated/α-hetero) is 1. The number of para-hydroxylation sites is 1. The number of benzene rings is 3. The molecule has 5 heteroatoms. The SMILES string of the molecule is CC(=O)c1ccc(OCC(O)COc2ccc(Oc3ccccc3)cc2)cc1. The largest absolute Gasteiger partial charge is 0.491 e. The second kappa shape index (κ2) is 9.58. The number of rotatable bonds is 9. The van der Waals surface area contributed by atoms with Gasteiger partial charge in [0.15, 0.2) is 5.78 Å². The van der Waals surface area contributed by atoms with Crippen LogP contribution in [-0.2, 0) is 0 Å². The van der Waals surface area contributed by atoms with Gasteiger partial charge < -0.3 is 19.3 Å². The Bertz CT molecular complexity index is 873. The third-order valence-corrected chi connectivity index (χ3v) is 3.95. The summed E-state index contributed by atoms with van der Waals surface area (Å²) in [4.78, 5) is 11.3. The normalized spacial score (nSPS) is 11.5. The van der Waals surface area contributed by atoms with Gasteiger partial charge in [-0.1, -0.05) is 18.2 Å². The van der Waals surface area contributed by atoms with Gasteiger partial charge in [0, 0.05) is 5.56 Å². The molecular formula is C23H22O5. The van der Waals surface area contributed by atoms with Crippen LogP contribution in [-0.4, -0.2) is 30.2 Å². The first-order valence-electron chi connectivity index (χ1n) is 8.98. The van der Waals surface area contributed by atoms with Crippen LogP contribution in [0.2, 0.25) is 0 Å². The van der Waals surface area contributed by atoms with Gasteiger partial charge in [-0.3, -0.25) is 4.79 Å². The molecule has 0 aromatic heterocycles. The minimum Gasteiger partial charge on any atom is -0.491 e. The van der Waals surface area contributed by atoms with E-state index in [0.717, 1.165) is 5.75 Å². The van der Waals surface area contributed by atoms with Crippen molar-refractivity contribution < 1.29 is 24.1 Å². The third-order valence-electron chi connectivity index (χ3n) is 3.95. The number of carbonyl (C=O) groups excluding carboxylic acids is 1. The van der Waals surface area contributed by atoms with Crippen LogP contribution in [0.15, 0.2) is 78.9 Å². The van der Waals surface area contributed by atoms with Crippen molar-refractivity contribution in [2.24, 2.45) is 0 Å². The molecule has 0 aliphatic carbocycles. The maximum absolute atomic E-state index is 11.3. The Morgan fingerprint density at radius 2 is 1.21 bits per heavy atom. The lowest BCUT2D eigenvalue weighted by Crippen LogP contribution is -2.25. The quantitative estimate of drug-likeness (QED) is 0.556. The van der Waals surface area contributed by atoms with Gasteiger partial charge in [-0.2, -0.15) is 0 Å². The molecule has 144 valence electrons. The highest BCUT2D eigenvalue weighted by Gasteiger charge is 2.08. The molecule has 3 rings (SSSR count). The van der Waals surface area contributed by atoms with Gasteiger partial charge in [0.1, 0.15) is 42.3 Å². The fourth-order valence-corrected chi connectivity index (χ4v) is 2.45. The van der Waals surface area contributed by atoms with Gasteiger partial charge in [-0.15, -0.1) is 0 Å². The summed E-state index contributed by atoms with van der Waals surface area (Å²) in [7, 11) is 0. The Hall–Kier alpha value is -3.31. The van der Waals surface area contributed by atoms with E-state index in [1.165, 1.54) is 6.92 Å². The smallest absolute Gasteiger partial charge is 0.159 e. The fourth-order valence-electron chi connectivity index (χ4n) is 2.45. The highest BCUT2D eigenvalue weighted by Crippen LogP contribution is 2.23. The molecule has 0 saturated heterocycles. The minimum absolute atomic E-state index is 0.000159. The first-order valence-corrected chi connectivity index (χ1v) is 8.98. The predicted octanol–water partition coefficient (Wildman–Crippen LogP) is 4.50. The van der Waals surface area contributed by atoms with Crippen LogP contribution in [0.3, 0.4) is 0 Å². The summed E-state index contributed by atoms with van der Waals surface area (Å²) in [6.45, 7) is 1.70. The van der Waals surface area contributed by atoms with E-state index in [1.54, 1.807) is 36.4 Å². The lowest BCUT2D eigenvalue weighted by atomic mass is 10.1. The predicted molar refractivity (Wildman–Crippen MR) is 106 cm³/mol. The molecule has 0 fully saturated rings. The number of aliphatic hydroxyl groups excluding tert-OH is 1. The van der Waals surface area contributed by atoms with Gasteiger partial charge in [-0.05, 0) is 67.6 Å². The summed E-state index contributed by atoms with van der Waals surface area (Å²) in [5.74, 6) is 2.69. The van der Waals surface area contributed by atoms with Crippen LogP contribution in [0.25, 0.3) is 0 Å². The maximum Gasteiger partial charge on any atom is 0.159 e. The maximum atomic E-state index is 11.3. The Balaban J connectivity index is 1.42. The van der Waals surface area contributed by atoms with E-state index in [0.29, 0.717) is 22.8 Å². The van der Waals surface area contributed by atoms with Gasteiger partial charge in [0.2, 0.25) is 0 Å². The van der Waals surface area contributed by atoms with Crippen LogP contribution in [0.1, 0.15) is 17.3 Å². The lowest BCUT2D eigenvalue weighted by Gasteiger charge is -2.14. The standard InChI is InChI=1S/C23H22O5/c1-17(24)18-7-9-20(10-8-18)26-15-19(25)16-27-21-11-13-23(14-12-21)28-22-5-3-2-4-6-22/h2-14,19,25H,15-16H2,1H3. The summed E-state index contributed by atoms with van der Waals surface area (Å²) >= 11 is 0. The van der Waals surface area contributed by atoms with Gasteiger partial charge in [0.05, 0.1) is 0 Å². The average Bonchev–Trinajstić information content (AvgIpc) is 2.73. The van der Waals surface area contributed by atoms with Crippen LogP contribution >= 0.6 is 0 Å². The molecule has 0 radical (unpaired) electrons. The molecule has 0 heterocycles. The van der Waals surface area contributed by atoms with Gasteiger partial charge in [-0.25, -0.2) is 0 Å². The van der Waals surface area contributed by atoms with Crippen molar-refractivity contribution in [3.63, 3.8) is 0 Å². The molecule has 0 saturated carbocycles. The van der Waals surface area contributed by atoms with Crippen molar-refractivity contribution in [2.75, 3.05) is 13.2 Å². The molecule has 1 unspecified atom stereocenters. The molecule has 0 aliphatic heterocycles. The van der Waals surface area contributed by atoms with E-state index < -0.39 is 6.10 Å². The average molecular weight is 378 g/mol. The van der Waals surface area contributed by atoms with E-state index in [9.17, 15) is 9.90 Å². The number of hydrogen-bond acceptors (Lipinski definition) is 5. The van der Waals surface area contributed by atoms with Crippen molar-refractivity contribution in [2.45, 2.75) is 13.0 Å². The molecule has 0 spiro atoms. The topological polar surface area (TPSA) is 65.0 Å². The Morgan fingerprint density at radius 1 is 0.750 bits per heavy atom. The highest BCUT2D eigenvalue weighted by molar-refractivity contribution is 5.94.